The van der Waals surface area contributed by atoms with Crippen LogP contribution in [0.4, 0.5) is 11.4 Å². The fourth-order valence-corrected chi connectivity index (χ4v) is 3.18. The molecule has 0 bridgehead atoms. The zero-order valence-electron chi connectivity index (χ0n) is 14.5. The van der Waals surface area contributed by atoms with Crippen molar-refractivity contribution >= 4 is 17.2 Å². The van der Waals surface area contributed by atoms with Crippen LogP contribution < -0.4 is 0 Å². The van der Waals surface area contributed by atoms with E-state index in [-0.39, 0.29) is 23.4 Å². The third-order valence-electron chi connectivity index (χ3n) is 4.75. The van der Waals surface area contributed by atoms with E-state index in [1.807, 2.05) is 0 Å². The van der Waals surface area contributed by atoms with Crippen LogP contribution in [0.15, 0.2) is 60.2 Å². The molecule has 0 saturated heterocycles. The summed E-state index contributed by atoms with van der Waals surface area (Å²) in [6, 6.07) is 10.5. The first-order valence-corrected chi connectivity index (χ1v) is 8.38. The molecule has 0 fully saturated rings. The van der Waals surface area contributed by atoms with Crippen LogP contribution in [0.25, 0.3) is 0 Å². The quantitative estimate of drug-likeness (QED) is 0.575. The van der Waals surface area contributed by atoms with Gasteiger partial charge in [0.05, 0.1) is 21.9 Å². The molecule has 0 aliphatic heterocycles. The molecule has 0 aromatic heterocycles. The maximum Gasteiger partial charge on any atom is 0.269 e. The van der Waals surface area contributed by atoms with E-state index in [9.17, 15) is 35.2 Å². The standard InChI is InChI=1S/C19H16N2O7/c22-17(11-1-5-13(6-2-11)20(25)26)15-9-10-16(19(15)24)18(23)12-3-7-14(8-4-12)21(27)28/h1-9,16-18,22-23H,10H2/t16?,17-,18-/m1/s1. The maximum atomic E-state index is 12.7. The number of nitro benzene ring substituents is 2. The lowest BCUT2D eigenvalue weighted by atomic mass is 9.90. The Morgan fingerprint density at radius 1 is 0.857 bits per heavy atom. The Labute approximate surface area is 158 Å². The second kappa shape index (κ2) is 7.67. The Kier molecular flexibility index (Phi) is 5.30. The van der Waals surface area contributed by atoms with Crippen molar-refractivity contribution in [2.75, 3.05) is 0 Å². The third-order valence-corrected chi connectivity index (χ3v) is 4.75. The Morgan fingerprint density at radius 2 is 1.32 bits per heavy atom. The highest BCUT2D eigenvalue weighted by molar-refractivity contribution is 6.01. The molecule has 2 N–H and O–H groups in total. The number of aliphatic hydroxyl groups is 2. The summed E-state index contributed by atoms with van der Waals surface area (Å²) in [5.41, 5.74) is 0.550. The van der Waals surface area contributed by atoms with E-state index in [1.54, 1.807) is 0 Å². The molecule has 1 aliphatic carbocycles. The van der Waals surface area contributed by atoms with Gasteiger partial charge in [0, 0.05) is 29.8 Å². The van der Waals surface area contributed by atoms with E-state index in [4.69, 9.17) is 0 Å². The van der Waals surface area contributed by atoms with Crippen molar-refractivity contribution in [2.24, 2.45) is 5.92 Å². The number of hydrogen-bond donors (Lipinski definition) is 2. The third kappa shape index (κ3) is 3.66. The number of benzene rings is 2. The number of ketones is 1. The molecule has 2 aromatic carbocycles. The van der Waals surface area contributed by atoms with Gasteiger partial charge in [-0.25, -0.2) is 0 Å². The van der Waals surface area contributed by atoms with Crippen LogP contribution in [0, 0.1) is 26.1 Å². The Morgan fingerprint density at radius 3 is 1.79 bits per heavy atom. The molecule has 0 heterocycles. The fraction of sp³-hybridized carbons (Fsp3) is 0.211. The number of allylic oxidation sites excluding steroid dienone is 1. The molecule has 144 valence electrons. The maximum absolute atomic E-state index is 12.7. The average Bonchev–Trinajstić information content (AvgIpc) is 3.08. The first kappa shape index (κ1) is 19.3. The molecule has 9 nitrogen and oxygen atoms in total. The number of carbonyl (C=O) groups is 1. The van der Waals surface area contributed by atoms with Crippen molar-refractivity contribution in [3.63, 3.8) is 0 Å². The van der Waals surface area contributed by atoms with Gasteiger partial charge in [0.1, 0.15) is 6.10 Å². The van der Waals surface area contributed by atoms with E-state index in [0.29, 0.717) is 11.1 Å². The van der Waals surface area contributed by atoms with Crippen molar-refractivity contribution in [2.45, 2.75) is 18.6 Å². The Hall–Kier alpha value is -3.43. The normalized spacial score (nSPS) is 18.4. The summed E-state index contributed by atoms with van der Waals surface area (Å²) in [4.78, 5) is 33.0. The molecule has 0 amide bonds. The van der Waals surface area contributed by atoms with E-state index in [2.05, 4.69) is 0 Å². The minimum absolute atomic E-state index is 0.111. The molecule has 2 aromatic rings. The van der Waals surface area contributed by atoms with Crippen molar-refractivity contribution in [1.82, 2.24) is 0 Å². The topological polar surface area (TPSA) is 144 Å². The Balaban J connectivity index is 1.74. The van der Waals surface area contributed by atoms with Gasteiger partial charge >= 0.3 is 0 Å². The second-order valence-electron chi connectivity index (χ2n) is 6.41. The van der Waals surface area contributed by atoms with Gasteiger partial charge in [-0.1, -0.05) is 6.08 Å². The fourth-order valence-electron chi connectivity index (χ4n) is 3.18. The van der Waals surface area contributed by atoms with E-state index < -0.39 is 33.8 Å². The van der Waals surface area contributed by atoms with E-state index in [0.717, 1.165) is 0 Å². The van der Waals surface area contributed by atoms with Gasteiger partial charge in [0.2, 0.25) is 0 Å². The van der Waals surface area contributed by atoms with Crippen molar-refractivity contribution < 1.29 is 24.9 Å². The van der Waals surface area contributed by atoms with Crippen molar-refractivity contribution in [1.29, 1.82) is 0 Å². The van der Waals surface area contributed by atoms with Gasteiger partial charge in [-0.15, -0.1) is 0 Å². The van der Waals surface area contributed by atoms with Crippen molar-refractivity contribution in [3.05, 3.63) is 91.5 Å². The molecule has 0 radical (unpaired) electrons. The lowest BCUT2D eigenvalue weighted by molar-refractivity contribution is -0.385. The first-order valence-electron chi connectivity index (χ1n) is 8.38. The molecular formula is C19H16N2O7. The van der Waals surface area contributed by atoms with Crippen LogP contribution in [-0.2, 0) is 4.79 Å². The number of rotatable bonds is 6. The van der Waals surface area contributed by atoms with E-state index >= 15 is 0 Å². The zero-order chi connectivity index (χ0) is 20.4. The summed E-state index contributed by atoms with van der Waals surface area (Å²) in [6.45, 7) is 0. The Bertz CT molecular complexity index is 951. The van der Waals surface area contributed by atoms with Gasteiger partial charge in [0.25, 0.3) is 11.4 Å². The minimum atomic E-state index is -1.26. The number of nitrogens with zero attached hydrogens (tertiary/aromatic N) is 2. The molecule has 3 atom stereocenters. The average molecular weight is 384 g/mol. The van der Waals surface area contributed by atoms with Gasteiger partial charge in [0.15, 0.2) is 5.78 Å². The monoisotopic (exact) mass is 384 g/mol. The number of non-ortho nitro benzene ring substituents is 2. The van der Waals surface area contributed by atoms with Crippen LogP contribution >= 0.6 is 0 Å². The number of hydrogen-bond acceptors (Lipinski definition) is 7. The van der Waals surface area contributed by atoms with Gasteiger partial charge in [-0.2, -0.15) is 0 Å². The zero-order valence-corrected chi connectivity index (χ0v) is 14.5. The molecule has 9 heteroatoms. The van der Waals surface area contributed by atoms with Gasteiger partial charge in [-0.05, 0) is 41.8 Å². The van der Waals surface area contributed by atoms with Gasteiger partial charge < -0.3 is 10.2 Å². The van der Waals surface area contributed by atoms with Crippen molar-refractivity contribution in [3.8, 4) is 0 Å². The van der Waals surface area contributed by atoms with Gasteiger partial charge in [-0.3, -0.25) is 25.0 Å². The predicted molar refractivity (Wildman–Crippen MR) is 97.3 cm³/mol. The summed E-state index contributed by atoms with van der Waals surface area (Å²) >= 11 is 0. The van der Waals surface area contributed by atoms with Crippen LogP contribution in [0.5, 0.6) is 0 Å². The number of carbonyl (C=O) groups excluding carboxylic acids is 1. The highest BCUT2D eigenvalue weighted by Crippen LogP contribution is 2.38. The smallest absolute Gasteiger partial charge is 0.269 e. The molecule has 0 spiro atoms. The molecule has 1 unspecified atom stereocenters. The highest BCUT2D eigenvalue weighted by atomic mass is 16.6. The molecular weight excluding hydrogens is 368 g/mol. The first-order chi connectivity index (χ1) is 13.3. The summed E-state index contributed by atoms with van der Waals surface area (Å²) in [6.07, 6.45) is -0.696. The lowest BCUT2D eigenvalue weighted by Gasteiger charge is -2.19. The lowest BCUT2D eigenvalue weighted by Crippen LogP contribution is -2.21. The predicted octanol–water partition coefficient (Wildman–Crippen LogP) is 2.79. The van der Waals surface area contributed by atoms with Crippen LogP contribution in [-0.4, -0.2) is 25.8 Å². The molecule has 1 aliphatic rings. The molecule has 0 saturated carbocycles. The number of Topliss-reactive ketones (excluding diaryl/α,β-unsaturated/α-hetero) is 1. The second-order valence-corrected chi connectivity index (χ2v) is 6.41. The van der Waals surface area contributed by atoms with E-state index in [1.165, 1.54) is 54.6 Å². The summed E-state index contributed by atoms with van der Waals surface area (Å²) in [5.74, 6) is -1.25. The number of aliphatic hydroxyl groups excluding tert-OH is 2. The summed E-state index contributed by atoms with van der Waals surface area (Å²) in [5, 5.41) is 42.4. The molecule has 28 heavy (non-hydrogen) atoms. The molecule has 3 rings (SSSR count). The van der Waals surface area contributed by atoms with Crippen LogP contribution in [0.1, 0.15) is 29.8 Å². The summed E-state index contributed by atoms with van der Waals surface area (Å²) in [7, 11) is 0. The highest BCUT2D eigenvalue weighted by Gasteiger charge is 2.37. The van der Waals surface area contributed by atoms with Crippen LogP contribution in [0.3, 0.4) is 0 Å². The SMILES string of the molecule is O=C1C([C@H](O)c2ccc([N+](=O)[O-])cc2)=CCC1[C@H](O)c1ccc([N+](=O)[O-])cc1. The number of nitro groups is 2. The van der Waals surface area contributed by atoms with Crippen LogP contribution in [0.2, 0.25) is 0 Å². The largest absolute Gasteiger partial charge is 0.388 e. The minimum Gasteiger partial charge on any atom is -0.388 e. The summed E-state index contributed by atoms with van der Waals surface area (Å²) < 4.78 is 0.